The zero-order valence-electron chi connectivity index (χ0n) is 11.2. The number of nitrogens with zero attached hydrogens (tertiary/aromatic N) is 2. The van der Waals surface area contributed by atoms with E-state index in [2.05, 4.69) is 15.3 Å². The molecule has 0 aliphatic rings. The van der Waals surface area contributed by atoms with Crippen LogP contribution in [0.4, 0.5) is 10.2 Å². The standard InChI is InChI=1S/C14H16FN3O/c1-4-12-17-13(16-3)9(2)14(18-12)19-11-7-5-6-10(15)8-11/h5-8H,4H2,1-3H3,(H,16,17,18). The summed E-state index contributed by atoms with van der Waals surface area (Å²) in [6, 6.07) is 5.98. The lowest BCUT2D eigenvalue weighted by molar-refractivity contribution is 0.450. The molecule has 0 atom stereocenters. The van der Waals surface area contributed by atoms with Gasteiger partial charge in [0.15, 0.2) is 0 Å². The SMILES string of the molecule is CCc1nc(NC)c(C)c(Oc2cccc(F)c2)n1. The molecule has 5 heteroatoms. The average Bonchev–Trinajstić information content (AvgIpc) is 2.41. The summed E-state index contributed by atoms with van der Waals surface area (Å²) in [6.07, 6.45) is 0.703. The first-order valence-electron chi connectivity index (χ1n) is 6.12. The zero-order chi connectivity index (χ0) is 13.8. The summed E-state index contributed by atoms with van der Waals surface area (Å²) < 4.78 is 18.8. The monoisotopic (exact) mass is 261 g/mol. The molecule has 19 heavy (non-hydrogen) atoms. The number of halogens is 1. The van der Waals surface area contributed by atoms with Crippen LogP contribution in [-0.2, 0) is 6.42 Å². The van der Waals surface area contributed by atoms with Gasteiger partial charge in [0.1, 0.15) is 23.2 Å². The van der Waals surface area contributed by atoms with E-state index in [1.807, 2.05) is 13.8 Å². The molecule has 2 aromatic rings. The number of hydrogen-bond acceptors (Lipinski definition) is 4. The van der Waals surface area contributed by atoms with Gasteiger partial charge < -0.3 is 10.1 Å². The van der Waals surface area contributed by atoms with Crippen LogP contribution in [0.3, 0.4) is 0 Å². The fraction of sp³-hybridized carbons (Fsp3) is 0.286. The van der Waals surface area contributed by atoms with E-state index in [1.165, 1.54) is 12.1 Å². The molecule has 2 rings (SSSR count). The first-order chi connectivity index (χ1) is 9.13. The average molecular weight is 261 g/mol. The van der Waals surface area contributed by atoms with Crippen molar-refractivity contribution in [1.82, 2.24) is 9.97 Å². The van der Waals surface area contributed by atoms with E-state index >= 15 is 0 Å². The summed E-state index contributed by atoms with van der Waals surface area (Å²) in [5.41, 5.74) is 0.795. The van der Waals surface area contributed by atoms with Gasteiger partial charge in [-0.3, -0.25) is 0 Å². The largest absolute Gasteiger partial charge is 0.438 e. The van der Waals surface area contributed by atoms with E-state index in [0.717, 1.165) is 11.4 Å². The maximum absolute atomic E-state index is 13.1. The van der Waals surface area contributed by atoms with E-state index in [9.17, 15) is 4.39 Å². The summed E-state index contributed by atoms with van der Waals surface area (Å²) >= 11 is 0. The van der Waals surface area contributed by atoms with Crippen LogP contribution in [0.15, 0.2) is 24.3 Å². The van der Waals surface area contributed by atoms with Crippen molar-refractivity contribution < 1.29 is 9.13 Å². The molecule has 0 unspecified atom stereocenters. The van der Waals surface area contributed by atoms with Crippen LogP contribution in [0.25, 0.3) is 0 Å². The summed E-state index contributed by atoms with van der Waals surface area (Å²) in [7, 11) is 1.79. The highest BCUT2D eigenvalue weighted by Crippen LogP contribution is 2.27. The lowest BCUT2D eigenvalue weighted by Crippen LogP contribution is -2.04. The Labute approximate surface area is 111 Å². The smallest absolute Gasteiger partial charge is 0.227 e. The van der Waals surface area contributed by atoms with Crippen LogP contribution in [0.1, 0.15) is 18.3 Å². The third kappa shape index (κ3) is 2.99. The van der Waals surface area contributed by atoms with Gasteiger partial charge >= 0.3 is 0 Å². The number of hydrogen-bond donors (Lipinski definition) is 1. The van der Waals surface area contributed by atoms with Gasteiger partial charge in [0.2, 0.25) is 5.88 Å². The Balaban J connectivity index is 2.38. The van der Waals surface area contributed by atoms with E-state index in [1.54, 1.807) is 19.2 Å². The molecule has 0 radical (unpaired) electrons. The molecule has 0 aliphatic carbocycles. The second kappa shape index (κ2) is 5.65. The zero-order valence-corrected chi connectivity index (χ0v) is 11.2. The predicted molar refractivity (Wildman–Crippen MR) is 72.2 cm³/mol. The van der Waals surface area contributed by atoms with Crippen molar-refractivity contribution in [3.63, 3.8) is 0 Å². The fourth-order valence-electron chi connectivity index (χ4n) is 1.68. The van der Waals surface area contributed by atoms with Gasteiger partial charge in [-0.25, -0.2) is 9.37 Å². The topological polar surface area (TPSA) is 47.0 Å². The van der Waals surface area contributed by atoms with E-state index in [4.69, 9.17) is 4.74 Å². The molecule has 0 aliphatic heterocycles. The maximum Gasteiger partial charge on any atom is 0.227 e. The van der Waals surface area contributed by atoms with Crippen molar-refractivity contribution in [3.05, 3.63) is 41.5 Å². The number of aryl methyl sites for hydroxylation is 1. The number of nitrogens with one attached hydrogen (secondary N) is 1. The number of anilines is 1. The molecule has 1 aromatic heterocycles. The van der Waals surface area contributed by atoms with Crippen LogP contribution in [0.5, 0.6) is 11.6 Å². The molecule has 1 aromatic carbocycles. The number of aromatic nitrogens is 2. The Morgan fingerprint density at radius 3 is 2.74 bits per heavy atom. The van der Waals surface area contributed by atoms with E-state index in [-0.39, 0.29) is 5.82 Å². The number of rotatable bonds is 4. The van der Waals surface area contributed by atoms with Crippen molar-refractivity contribution in [2.45, 2.75) is 20.3 Å². The molecular formula is C14H16FN3O. The molecule has 1 heterocycles. The van der Waals surface area contributed by atoms with Crippen LogP contribution in [0.2, 0.25) is 0 Å². The molecule has 0 saturated carbocycles. The molecule has 1 N–H and O–H groups in total. The minimum absolute atomic E-state index is 0.339. The van der Waals surface area contributed by atoms with Gasteiger partial charge in [-0.1, -0.05) is 13.0 Å². The first-order valence-corrected chi connectivity index (χ1v) is 6.12. The summed E-state index contributed by atoms with van der Waals surface area (Å²) in [5, 5.41) is 3.00. The quantitative estimate of drug-likeness (QED) is 0.917. The Morgan fingerprint density at radius 1 is 1.32 bits per heavy atom. The Morgan fingerprint density at radius 2 is 2.11 bits per heavy atom. The molecule has 0 amide bonds. The van der Waals surface area contributed by atoms with Gasteiger partial charge in [-0.2, -0.15) is 4.98 Å². The van der Waals surface area contributed by atoms with Crippen LogP contribution in [0, 0.1) is 12.7 Å². The van der Waals surface area contributed by atoms with Crippen molar-refractivity contribution in [3.8, 4) is 11.6 Å². The maximum atomic E-state index is 13.1. The summed E-state index contributed by atoms with van der Waals surface area (Å²) in [6.45, 7) is 3.83. The Hall–Kier alpha value is -2.17. The first kappa shape index (κ1) is 13.3. The molecular weight excluding hydrogens is 245 g/mol. The lowest BCUT2D eigenvalue weighted by Gasteiger charge is -2.12. The highest BCUT2D eigenvalue weighted by Gasteiger charge is 2.11. The molecule has 100 valence electrons. The predicted octanol–water partition coefficient (Wildman–Crippen LogP) is 3.32. The Kier molecular flexibility index (Phi) is 3.94. The van der Waals surface area contributed by atoms with Gasteiger partial charge in [0.05, 0.1) is 5.56 Å². The van der Waals surface area contributed by atoms with Crippen molar-refractivity contribution in [2.24, 2.45) is 0 Å². The highest BCUT2D eigenvalue weighted by molar-refractivity contribution is 5.49. The molecule has 0 bridgehead atoms. The van der Waals surface area contributed by atoms with Gasteiger partial charge in [-0.05, 0) is 19.1 Å². The van der Waals surface area contributed by atoms with Crippen molar-refractivity contribution in [1.29, 1.82) is 0 Å². The summed E-state index contributed by atoms with van der Waals surface area (Å²) in [5.74, 6) is 1.93. The van der Waals surface area contributed by atoms with Gasteiger partial charge in [0.25, 0.3) is 0 Å². The highest BCUT2D eigenvalue weighted by atomic mass is 19.1. The Bertz CT molecular complexity index is 587. The molecule has 0 spiro atoms. The summed E-state index contributed by atoms with van der Waals surface area (Å²) in [4.78, 5) is 8.68. The second-order valence-corrected chi connectivity index (χ2v) is 4.08. The number of benzene rings is 1. The van der Waals surface area contributed by atoms with Crippen LogP contribution >= 0.6 is 0 Å². The van der Waals surface area contributed by atoms with E-state index in [0.29, 0.717) is 23.9 Å². The normalized spacial score (nSPS) is 10.3. The van der Waals surface area contributed by atoms with E-state index < -0.39 is 0 Å². The third-order valence-corrected chi connectivity index (χ3v) is 2.71. The van der Waals surface area contributed by atoms with Crippen LogP contribution in [-0.4, -0.2) is 17.0 Å². The fourth-order valence-corrected chi connectivity index (χ4v) is 1.68. The number of ether oxygens (including phenoxy) is 1. The third-order valence-electron chi connectivity index (χ3n) is 2.71. The lowest BCUT2D eigenvalue weighted by atomic mass is 10.3. The molecule has 0 saturated heterocycles. The van der Waals surface area contributed by atoms with Gasteiger partial charge in [-0.15, -0.1) is 0 Å². The van der Waals surface area contributed by atoms with Crippen molar-refractivity contribution >= 4 is 5.82 Å². The van der Waals surface area contributed by atoms with Gasteiger partial charge in [0, 0.05) is 19.5 Å². The minimum Gasteiger partial charge on any atom is -0.438 e. The van der Waals surface area contributed by atoms with Crippen molar-refractivity contribution in [2.75, 3.05) is 12.4 Å². The second-order valence-electron chi connectivity index (χ2n) is 4.08. The van der Waals surface area contributed by atoms with Crippen LogP contribution < -0.4 is 10.1 Å². The minimum atomic E-state index is -0.339. The molecule has 0 fully saturated rings. The molecule has 4 nitrogen and oxygen atoms in total.